The van der Waals surface area contributed by atoms with Crippen molar-refractivity contribution in [1.29, 1.82) is 0 Å². The van der Waals surface area contributed by atoms with Gasteiger partial charge in [-0.25, -0.2) is 0 Å². The Bertz CT molecular complexity index is 798. The molecule has 2 amide bonds. The van der Waals surface area contributed by atoms with Crippen LogP contribution >= 0.6 is 0 Å². The molecule has 0 bridgehead atoms. The zero-order chi connectivity index (χ0) is 19.2. The molecule has 27 heavy (non-hydrogen) atoms. The summed E-state index contributed by atoms with van der Waals surface area (Å²) in [5.41, 5.74) is 0.236. The highest BCUT2D eigenvalue weighted by Crippen LogP contribution is 2.24. The fraction of sp³-hybridized carbons (Fsp3) is 0.389. The molecule has 1 aliphatic rings. The molecule has 1 aromatic heterocycles. The number of hydrogen-bond donors (Lipinski definition) is 1. The fourth-order valence-electron chi connectivity index (χ4n) is 3.27. The number of nitrogens with one attached hydrogen (secondary N) is 1. The number of anilines is 1. The van der Waals surface area contributed by atoms with Crippen LogP contribution in [0.25, 0.3) is 0 Å². The summed E-state index contributed by atoms with van der Waals surface area (Å²) < 4.78 is 4.68. The zero-order valence-corrected chi connectivity index (χ0v) is 14.7. The number of non-ortho nitro benzene ring substituents is 1. The maximum absolute atomic E-state index is 13.0. The summed E-state index contributed by atoms with van der Waals surface area (Å²) >= 11 is 0. The second-order valence-electron chi connectivity index (χ2n) is 6.46. The Morgan fingerprint density at radius 2 is 1.89 bits per heavy atom. The van der Waals surface area contributed by atoms with E-state index in [1.54, 1.807) is 4.90 Å². The van der Waals surface area contributed by atoms with Crippen molar-refractivity contribution in [3.05, 3.63) is 52.3 Å². The number of carbonyl (C=O) groups is 2. The average Bonchev–Trinajstić information content (AvgIpc) is 3.19. The van der Waals surface area contributed by atoms with E-state index in [1.807, 2.05) is 0 Å². The first kappa shape index (κ1) is 18.6. The van der Waals surface area contributed by atoms with Crippen LogP contribution in [0.15, 0.2) is 41.1 Å². The van der Waals surface area contributed by atoms with Crippen LogP contribution in [0.3, 0.4) is 0 Å². The van der Waals surface area contributed by atoms with Crippen LogP contribution in [-0.4, -0.2) is 39.4 Å². The van der Waals surface area contributed by atoms with Crippen molar-refractivity contribution >= 4 is 23.3 Å². The lowest BCUT2D eigenvalue weighted by Gasteiger charge is -2.34. The van der Waals surface area contributed by atoms with Gasteiger partial charge in [-0.3, -0.25) is 19.7 Å². The first-order valence-corrected chi connectivity index (χ1v) is 8.80. The Labute approximate surface area is 155 Å². The molecule has 0 radical (unpaired) electrons. The van der Waals surface area contributed by atoms with Gasteiger partial charge in [0, 0.05) is 29.8 Å². The molecule has 9 nitrogen and oxygen atoms in total. The van der Waals surface area contributed by atoms with Gasteiger partial charge in [-0.05, 0) is 25.0 Å². The van der Waals surface area contributed by atoms with Crippen LogP contribution in [0.2, 0.25) is 0 Å². The molecule has 0 saturated heterocycles. The number of benzene rings is 1. The van der Waals surface area contributed by atoms with Crippen molar-refractivity contribution in [2.24, 2.45) is 0 Å². The van der Waals surface area contributed by atoms with Crippen molar-refractivity contribution < 1.29 is 19.0 Å². The molecule has 9 heteroatoms. The second-order valence-corrected chi connectivity index (χ2v) is 6.46. The number of aromatic nitrogens is 1. The summed E-state index contributed by atoms with van der Waals surface area (Å²) in [4.78, 5) is 37.2. The van der Waals surface area contributed by atoms with Gasteiger partial charge in [-0.15, -0.1) is 0 Å². The Morgan fingerprint density at radius 3 is 2.48 bits per heavy atom. The third kappa shape index (κ3) is 4.69. The first-order valence-electron chi connectivity index (χ1n) is 8.80. The number of hydrogen-bond acceptors (Lipinski definition) is 6. The van der Waals surface area contributed by atoms with E-state index >= 15 is 0 Å². The molecule has 1 fully saturated rings. The van der Waals surface area contributed by atoms with Crippen molar-refractivity contribution in [3.63, 3.8) is 0 Å². The second kappa shape index (κ2) is 8.43. The SMILES string of the molecule is O=C(CN(C(=O)c1ccc([N+](=O)[O-])cc1)C1CCCCC1)Nc1ccon1. The van der Waals surface area contributed by atoms with Gasteiger partial charge in [0.25, 0.3) is 11.6 Å². The largest absolute Gasteiger partial charge is 0.363 e. The third-order valence-electron chi connectivity index (χ3n) is 4.62. The maximum Gasteiger partial charge on any atom is 0.269 e. The maximum atomic E-state index is 13.0. The Kier molecular flexibility index (Phi) is 5.80. The quantitative estimate of drug-likeness (QED) is 0.615. The molecule has 1 saturated carbocycles. The van der Waals surface area contributed by atoms with Crippen molar-refractivity contribution in [2.75, 3.05) is 11.9 Å². The van der Waals surface area contributed by atoms with Crippen molar-refractivity contribution in [2.45, 2.75) is 38.1 Å². The minimum Gasteiger partial charge on any atom is -0.363 e. The molecule has 0 unspecified atom stereocenters. The molecule has 1 N–H and O–H groups in total. The van der Waals surface area contributed by atoms with Gasteiger partial charge in [0.15, 0.2) is 5.82 Å². The van der Waals surface area contributed by atoms with E-state index in [0.29, 0.717) is 5.56 Å². The summed E-state index contributed by atoms with van der Waals surface area (Å²) in [6.45, 7) is -0.118. The van der Waals surface area contributed by atoms with Gasteiger partial charge >= 0.3 is 0 Å². The summed E-state index contributed by atoms with van der Waals surface area (Å²) in [6, 6.07) is 6.91. The van der Waals surface area contributed by atoms with E-state index in [2.05, 4.69) is 15.0 Å². The highest BCUT2D eigenvalue weighted by Gasteiger charge is 2.28. The summed E-state index contributed by atoms with van der Waals surface area (Å²) in [6.07, 6.45) is 6.11. The lowest BCUT2D eigenvalue weighted by molar-refractivity contribution is -0.384. The predicted molar refractivity (Wildman–Crippen MR) is 96.1 cm³/mol. The van der Waals surface area contributed by atoms with Crippen molar-refractivity contribution in [1.82, 2.24) is 10.1 Å². The van der Waals surface area contributed by atoms with Crippen LogP contribution in [0.1, 0.15) is 42.5 Å². The molecule has 1 aliphatic carbocycles. The van der Waals surface area contributed by atoms with E-state index < -0.39 is 4.92 Å². The Morgan fingerprint density at radius 1 is 1.19 bits per heavy atom. The Balaban J connectivity index is 1.76. The minimum atomic E-state index is -0.515. The summed E-state index contributed by atoms with van der Waals surface area (Å²) in [5, 5.41) is 17.0. The van der Waals surface area contributed by atoms with Gasteiger partial charge in [0.2, 0.25) is 5.91 Å². The molecule has 0 spiro atoms. The summed E-state index contributed by atoms with van der Waals surface area (Å²) in [7, 11) is 0. The smallest absolute Gasteiger partial charge is 0.269 e. The molecular formula is C18H20N4O5. The lowest BCUT2D eigenvalue weighted by Crippen LogP contribution is -2.45. The average molecular weight is 372 g/mol. The molecular weight excluding hydrogens is 352 g/mol. The van der Waals surface area contributed by atoms with Gasteiger partial charge in [-0.2, -0.15) is 0 Å². The number of amides is 2. The van der Waals surface area contributed by atoms with Gasteiger partial charge in [0.1, 0.15) is 12.8 Å². The van der Waals surface area contributed by atoms with Crippen LogP contribution in [0, 0.1) is 10.1 Å². The number of nitro benzene ring substituents is 1. The topological polar surface area (TPSA) is 119 Å². The molecule has 1 aromatic carbocycles. The molecule has 2 aromatic rings. The van der Waals surface area contributed by atoms with Crippen LogP contribution in [-0.2, 0) is 4.79 Å². The van der Waals surface area contributed by atoms with E-state index in [-0.39, 0.29) is 35.9 Å². The normalized spacial score (nSPS) is 14.5. The van der Waals surface area contributed by atoms with Crippen LogP contribution < -0.4 is 5.32 Å². The van der Waals surface area contributed by atoms with Gasteiger partial charge in [-0.1, -0.05) is 24.4 Å². The van der Waals surface area contributed by atoms with E-state index in [0.717, 1.165) is 32.1 Å². The molecule has 0 atom stereocenters. The number of carbonyl (C=O) groups excluding carboxylic acids is 2. The monoisotopic (exact) mass is 372 g/mol. The molecule has 0 aliphatic heterocycles. The van der Waals surface area contributed by atoms with Crippen LogP contribution in [0.4, 0.5) is 11.5 Å². The fourth-order valence-corrected chi connectivity index (χ4v) is 3.27. The highest BCUT2D eigenvalue weighted by atomic mass is 16.6. The number of rotatable bonds is 6. The van der Waals surface area contributed by atoms with E-state index in [4.69, 9.17) is 0 Å². The predicted octanol–water partition coefficient (Wildman–Crippen LogP) is 3.00. The van der Waals surface area contributed by atoms with Gasteiger partial charge < -0.3 is 14.7 Å². The van der Waals surface area contributed by atoms with Gasteiger partial charge in [0.05, 0.1) is 4.92 Å². The standard InChI is InChI=1S/C18H20N4O5/c23-17(19-16-10-11-27-20-16)12-21(14-4-2-1-3-5-14)18(24)13-6-8-15(9-7-13)22(25)26/h6-11,14H,1-5,12H2,(H,19,20,23). The van der Waals surface area contributed by atoms with Crippen LogP contribution in [0.5, 0.6) is 0 Å². The zero-order valence-electron chi connectivity index (χ0n) is 14.7. The van der Waals surface area contributed by atoms with Crippen molar-refractivity contribution in [3.8, 4) is 0 Å². The number of nitro groups is 1. The minimum absolute atomic E-state index is 0.0375. The van der Waals surface area contributed by atoms with E-state index in [1.165, 1.54) is 36.6 Å². The third-order valence-corrected chi connectivity index (χ3v) is 4.62. The molecule has 142 valence electrons. The highest BCUT2D eigenvalue weighted by molar-refractivity contribution is 5.99. The van der Waals surface area contributed by atoms with E-state index in [9.17, 15) is 19.7 Å². The summed E-state index contributed by atoms with van der Waals surface area (Å²) in [5.74, 6) is -0.400. The molecule has 1 heterocycles. The number of nitrogens with zero attached hydrogens (tertiary/aromatic N) is 3. The Hall–Kier alpha value is -3.23. The lowest BCUT2D eigenvalue weighted by atomic mass is 9.93. The molecule has 3 rings (SSSR count). The first-order chi connectivity index (χ1) is 13.0.